The molecule has 3 aromatic rings. The molecular weight excluding hydrogens is 448 g/mol. The Kier molecular flexibility index (Phi) is 6.73. The van der Waals surface area contributed by atoms with E-state index in [1.54, 1.807) is 46.9 Å². The molecule has 32 heavy (non-hydrogen) atoms. The van der Waals surface area contributed by atoms with Crippen LogP contribution in [0.5, 0.6) is 11.5 Å². The minimum absolute atomic E-state index is 0.0666. The van der Waals surface area contributed by atoms with Gasteiger partial charge in [-0.15, -0.1) is 11.3 Å². The fraction of sp³-hybridized carbons (Fsp3) is 0.273. The van der Waals surface area contributed by atoms with E-state index in [-0.39, 0.29) is 5.75 Å². The van der Waals surface area contributed by atoms with Crippen LogP contribution < -0.4 is 10.2 Å². The third-order valence-corrected chi connectivity index (χ3v) is 7.84. The average molecular weight is 473 g/mol. The zero-order valence-corrected chi connectivity index (χ0v) is 19.2. The molecule has 4 rings (SSSR count). The highest BCUT2D eigenvalue weighted by Crippen LogP contribution is 2.28. The summed E-state index contributed by atoms with van der Waals surface area (Å²) in [7, 11) is -1.96. The number of hydrogen-bond donors (Lipinski definition) is 2. The summed E-state index contributed by atoms with van der Waals surface area (Å²) in [5, 5.41) is 16.3. The lowest BCUT2D eigenvalue weighted by atomic mass is 10.2. The van der Waals surface area contributed by atoms with E-state index >= 15 is 0 Å². The van der Waals surface area contributed by atoms with Gasteiger partial charge in [0, 0.05) is 24.0 Å². The number of benzene rings is 2. The number of phenolic OH excluding ortho intramolecular Hbond substituents is 1. The molecule has 2 heterocycles. The largest absolute Gasteiger partial charge is 0.504 e. The van der Waals surface area contributed by atoms with E-state index in [2.05, 4.69) is 15.5 Å². The van der Waals surface area contributed by atoms with Crippen molar-refractivity contribution >= 4 is 32.7 Å². The van der Waals surface area contributed by atoms with Gasteiger partial charge >= 0.3 is 0 Å². The first-order valence-electron chi connectivity index (χ1n) is 10.2. The zero-order chi connectivity index (χ0) is 22.6. The molecule has 1 aliphatic heterocycles. The summed E-state index contributed by atoms with van der Waals surface area (Å²) >= 11 is 1.39. The Morgan fingerprint density at radius 1 is 1.16 bits per heavy atom. The molecule has 1 fully saturated rings. The van der Waals surface area contributed by atoms with Gasteiger partial charge in [0.25, 0.3) is 0 Å². The Bertz CT molecular complexity index is 1200. The summed E-state index contributed by atoms with van der Waals surface area (Å²) < 4.78 is 32.2. The maximum Gasteiger partial charge on any atom is 0.243 e. The Balaban J connectivity index is 1.42. The van der Waals surface area contributed by atoms with Gasteiger partial charge in [0.05, 0.1) is 23.9 Å². The van der Waals surface area contributed by atoms with E-state index in [4.69, 9.17) is 4.74 Å². The molecule has 168 valence electrons. The van der Waals surface area contributed by atoms with Gasteiger partial charge in [-0.3, -0.25) is 5.43 Å². The number of rotatable bonds is 7. The first-order chi connectivity index (χ1) is 15.5. The number of ether oxygens (including phenoxy) is 1. The van der Waals surface area contributed by atoms with Crippen LogP contribution in [0.4, 0.5) is 5.13 Å². The fourth-order valence-electron chi connectivity index (χ4n) is 3.45. The standard InChI is InChI=1S/C22H24N4O4S2/c1-30-21-13-16(5-10-20(21)27)14-23-25-22-24-19(15-31-22)17-6-8-18(9-7-17)32(28,29)26-11-3-2-4-12-26/h5-10,13-15,27H,2-4,11-12H2,1H3,(H,24,25). The minimum atomic E-state index is -3.44. The highest BCUT2D eigenvalue weighted by Gasteiger charge is 2.25. The lowest BCUT2D eigenvalue weighted by Gasteiger charge is -2.25. The molecule has 0 radical (unpaired) electrons. The number of hydrazone groups is 1. The van der Waals surface area contributed by atoms with Gasteiger partial charge in [-0.25, -0.2) is 13.4 Å². The smallest absolute Gasteiger partial charge is 0.243 e. The van der Waals surface area contributed by atoms with Crippen molar-refractivity contribution in [3.63, 3.8) is 0 Å². The summed E-state index contributed by atoms with van der Waals surface area (Å²) in [4.78, 5) is 4.82. The van der Waals surface area contributed by atoms with E-state index in [1.807, 2.05) is 5.38 Å². The van der Waals surface area contributed by atoms with Gasteiger partial charge in [-0.1, -0.05) is 18.6 Å². The molecular formula is C22H24N4O4S2. The summed E-state index contributed by atoms with van der Waals surface area (Å²) in [6.07, 6.45) is 4.50. The maximum absolute atomic E-state index is 12.8. The van der Waals surface area contributed by atoms with Crippen molar-refractivity contribution in [1.29, 1.82) is 0 Å². The van der Waals surface area contributed by atoms with Gasteiger partial charge in [-0.05, 0) is 48.7 Å². The van der Waals surface area contributed by atoms with Crippen molar-refractivity contribution in [2.24, 2.45) is 5.10 Å². The Morgan fingerprint density at radius 2 is 1.91 bits per heavy atom. The van der Waals surface area contributed by atoms with E-state index in [0.29, 0.717) is 28.9 Å². The van der Waals surface area contributed by atoms with E-state index < -0.39 is 10.0 Å². The number of aromatic hydroxyl groups is 1. The van der Waals surface area contributed by atoms with Gasteiger partial charge in [0.1, 0.15) is 0 Å². The molecule has 1 aliphatic rings. The Hall–Kier alpha value is -2.95. The van der Waals surface area contributed by atoms with Crippen LogP contribution in [0.15, 0.2) is 57.8 Å². The normalized spacial score (nSPS) is 15.2. The van der Waals surface area contributed by atoms with Gasteiger partial charge in [0.2, 0.25) is 15.2 Å². The number of aromatic nitrogens is 1. The van der Waals surface area contributed by atoms with Crippen molar-refractivity contribution in [2.75, 3.05) is 25.6 Å². The number of sulfonamides is 1. The number of nitrogens with zero attached hydrogens (tertiary/aromatic N) is 3. The molecule has 2 aromatic carbocycles. The molecule has 0 aliphatic carbocycles. The predicted octanol–water partition coefficient (Wildman–Crippen LogP) is 4.14. The highest BCUT2D eigenvalue weighted by atomic mass is 32.2. The van der Waals surface area contributed by atoms with Crippen LogP contribution in [-0.4, -0.2) is 49.2 Å². The van der Waals surface area contributed by atoms with Crippen LogP contribution >= 0.6 is 11.3 Å². The second-order valence-corrected chi connectivity index (χ2v) is 10.1. The number of methoxy groups -OCH3 is 1. The lowest BCUT2D eigenvalue weighted by Crippen LogP contribution is -2.35. The first-order valence-corrected chi connectivity index (χ1v) is 12.5. The molecule has 10 heteroatoms. The van der Waals surface area contributed by atoms with Crippen LogP contribution in [0.2, 0.25) is 0 Å². The van der Waals surface area contributed by atoms with Crippen LogP contribution in [-0.2, 0) is 10.0 Å². The van der Waals surface area contributed by atoms with Crippen LogP contribution in [0.3, 0.4) is 0 Å². The van der Waals surface area contributed by atoms with Crippen molar-refractivity contribution in [1.82, 2.24) is 9.29 Å². The second kappa shape index (κ2) is 9.68. The molecule has 0 atom stereocenters. The van der Waals surface area contributed by atoms with Gasteiger partial charge in [-0.2, -0.15) is 9.41 Å². The van der Waals surface area contributed by atoms with Gasteiger partial charge in [0.15, 0.2) is 11.5 Å². The minimum Gasteiger partial charge on any atom is -0.504 e. The highest BCUT2D eigenvalue weighted by molar-refractivity contribution is 7.89. The molecule has 0 amide bonds. The lowest BCUT2D eigenvalue weighted by molar-refractivity contribution is 0.346. The molecule has 2 N–H and O–H groups in total. The summed E-state index contributed by atoms with van der Waals surface area (Å²) in [5.41, 5.74) is 5.21. The Morgan fingerprint density at radius 3 is 2.62 bits per heavy atom. The maximum atomic E-state index is 12.8. The van der Waals surface area contributed by atoms with Crippen molar-refractivity contribution < 1.29 is 18.3 Å². The molecule has 8 nitrogen and oxygen atoms in total. The third-order valence-electron chi connectivity index (χ3n) is 5.18. The molecule has 1 saturated heterocycles. The average Bonchev–Trinajstić information content (AvgIpc) is 3.30. The number of anilines is 1. The van der Waals surface area contributed by atoms with Crippen molar-refractivity contribution in [3.8, 4) is 22.8 Å². The topological polar surface area (TPSA) is 104 Å². The summed E-state index contributed by atoms with van der Waals surface area (Å²) in [5.74, 6) is 0.438. The van der Waals surface area contributed by atoms with Crippen molar-refractivity contribution in [3.05, 3.63) is 53.4 Å². The number of piperidine rings is 1. The first kappa shape index (κ1) is 22.3. The van der Waals surface area contributed by atoms with E-state index in [0.717, 1.165) is 36.1 Å². The van der Waals surface area contributed by atoms with Crippen LogP contribution in [0.1, 0.15) is 24.8 Å². The summed E-state index contributed by atoms with van der Waals surface area (Å²) in [6.45, 7) is 1.17. The molecule has 0 spiro atoms. The van der Waals surface area contributed by atoms with E-state index in [9.17, 15) is 13.5 Å². The Labute approximate surface area is 191 Å². The third kappa shape index (κ3) is 4.93. The molecule has 0 bridgehead atoms. The zero-order valence-electron chi connectivity index (χ0n) is 17.6. The fourth-order valence-corrected chi connectivity index (χ4v) is 5.63. The quantitative estimate of drug-likeness (QED) is 0.396. The summed E-state index contributed by atoms with van der Waals surface area (Å²) in [6, 6.07) is 11.8. The second-order valence-electron chi connectivity index (χ2n) is 7.33. The molecule has 0 saturated carbocycles. The predicted molar refractivity (Wildman–Crippen MR) is 126 cm³/mol. The number of hydrogen-bond acceptors (Lipinski definition) is 8. The SMILES string of the molecule is COc1cc(C=NNc2nc(-c3ccc(S(=O)(=O)N4CCCCC4)cc3)cs2)ccc1O. The number of phenols is 1. The molecule has 1 aromatic heterocycles. The van der Waals surface area contributed by atoms with Crippen molar-refractivity contribution in [2.45, 2.75) is 24.2 Å². The monoisotopic (exact) mass is 472 g/mol. The van der Waals surface area contributed by atoms with Crippen LogP contribution in [0.25, 0.3) is 11.3 Å². The molecule has 0 unspecified atom stereocenters. The van der Waals surface area contributed by atoms with E-state index in [1.165, 1.54) is 24.5 Å². The van der Waals surface area contributed by atoms with Crippen LogP contribution in [0, 0.1) is 0 Å². The number of nitrogens with one attached hydrogen (secondary N) is 1. The number of thiazole rings is 1. The van der Waals surface area contributed by atoms with Gasteiger partial charge < -0.3 is 9.84 Å².